The Balaban J connectivity index is 5.35. The maximum absolute atomic E-state index is 11.4. The van der Waals surface area contributed by atoms with Crippen molar-refractivity contribution < 1.29 is 19.8 Å². The molecule has 0 fully saturated rings. The summed E-state index contributed by atoms with van der Waals surface area (Å²) >= 11 is 0. The molecule has 0 aliphatic rings. The van der Waals surface area contributed by atoms with Gasteiger partial charge in [-0.15, -0.1) is 0 Å². The maximum Gasteiger partial charge on any atom is 0.327 e. The zero-order valence-electron chi connectivity index (χ0n) is 10.3. The molecule has 0 rings (SSSR count). The summed E-state index contributed by atoms with van der Waals surface area (Å²) in [4.78, 5) is 21.9. The second kappa shape index (κ2) is 5.14. The lowest BCUT2D eigenvalue weighted by Gasteiger charge is -2.40. The molecule has 0 atom stereocenters. The van der Waals surface area contributed by atoms with Crippen LogP contribution in [0.4, 0.5) is 0 Å². The molecule has 4 nitrogen and oxygen atoms in total. The Kier molecular flexibility index (Phi) is 4.72. The third kappa shape index (κ3) is 2.62. The SMILES string of the molecule is CCC(CC)(C(=O)O)C(C)(C)/C=C/C(=O)O. The van der Waals surface area contributed by atoms with Gasteiger partial charge < -0.3 is 10.2 Å². The Morgan fingerprint density at radius 2 is 1.56 bits per heavy atom. The van der Waals surface area contributed by atoms with Crippen LogP contribution in [0.5, 0.6) is 0 Å². The highest BCUT2D eigenvalue weighted by molar-refractivity contribution is 5.81. The number of carbonyl (C=O) groups is 2. The van der Waals surface area contributed by atoms with Crippen LogP contribution in [0.1, 0.15) is 40.5 Å². The van der Waals surface area contributed by atoms with E-state index in [2.05, 4.69) is 0 Å². The van der Waals surface area contributed by atoms with Crippen LogP contribution in [-0.4, -0.2) is 22.2 Å². The van der Waals surface area contributed by atoms with Gasteiger partial charge in [-0.1, -0.05) is 33.8 Å². The third-order valence-corrected chi connectivity index (χ3v) is 3.49. The first-order chi connectivity index (χ1) is 7.23. The Morgan fingerprint density at radius 3 is 1.81 bits per heavy atom. The molecular weight excluding hydrogens is 208 g/mol. The van der Waals surface area contributed by atoms with Gasteiger partial charge in [-0.05, 0) is 18.3 Å². The van der Waals surface area contributed by atoms with Crippen LogP contribution < -0.4 is 0 Å². The lowest BCUT2D eigenvalue weighted by molar-refractivity contribution is -0.155. The molecule has 4 heteroatoms. The van der Waals surface area contributed by atoms with Crippen molar-refractivity contribution in [1.29, 1.82) is 0 Å². The van der Waals surface area contributed by atoms with E-state index in [-0.39, 0.29) is 0 Å². The Bertz CT molecular complexity index is 298. The molecule has 92 valence electrons. The average Bonchev–Trinajstić information content (AvgIpc) is 2.16. The van der Waals surface area contributed by atoms with E-state index in [1.54, 1.807) is 13.8 Å². The molecule has 0 aromatic heterocycles. The normalized spacial score (nSPS) is 13.0. The minimum Gasteiger partial charge on any atom is -0.481 e. The van der Waals surface area contributed by atoms with Crippen molar-refractivity contribution in [3.63, 3.8) is 0 Å². The smallest absolute Gasteiger partial charge is 0.327 e. The standard InChI is InChI=1S/C12H20O4/c1-5-12(6-2,10(15)16)11(3,4)8-7-9(13)14/h7-8H,5-6H2,1-4H3,(H,13,14)(H,15,16)/b8-7+. The van der Waals surface area contributed by atoms with Gasteiger partial charge in [-0.3, -0.25) is 4.79 Å². The summed E-state index contributed by atoms with van der Waals surface area (Å²) in [6.45, 7) is 7.14. The summed E-state index contributed by atoms with van der Waals surface area (Å²) in [6, 6.07) is 0. The molecule has 0 spiro atoms. The topological polar surface area (TPSA) is 74.6 Å². The van der Waals surface area contributed by atoms with E-state index in [0.717, 1.165) is 6.08 Å². The lowest BCUT2D eigenvalue weighted by atomic mass is 9.62. The molecule has 0 aromatic rings. The highest BCUT2D eigenvalue weighted by Gasteiger charge is 2.47. The zero-order valence-corrected chi connectivity index (χ0v) is 10.3. The van der Waals surface area contributed by atoms with Crippen molar-refractivity contribution in [2.45, 2.75) is 40.5 Å². The average molecular weight is 228 g/mol. The van der Waals surface area contributed by atoms with E-state index >= 15 is 0 Å². The number of rotatable bonds is 6. The summed E-state index contributed by atoms with van der Waals surface area (Å²) < 4.78 is 0. The molecule has 0 aliphatic heterocycles. The van der Waals surface area contributed by atoms with Crippen molar-refractivity contribution in [2.24, 2.45) is 10.8 Å². The molecule has 0 saturated carbocycles. The summed E-state index contributed by atoms with van der Waals surface area (Å²) in [5, 5.41) is 17.9. The van der Waals surface area contributed by atoms with E-state index < -0.39 is 22.8 Å². The molecule has 0 unspecified atom stereocenters. The molecule has 16 heavy (non-hydrogen) atoms. The summed E-state index contributed by atoms with van der Waals surface area (Å²) in [7, 11) is 0. The number of aliphatic carboxylic acids is 2. The van der Waals surface area contributed by atoms with Crippen LogP contribution >= 0.6 is 0 Å². The largest absolute Gasteiger partial charge is 0.481 e. The molecule has 0 saturated heterocycles. The molecular formula is C12H20O4. The lowest BCUT2D eigenvalue weighted by Crippen LogP contribution is -2.42. The number of carboxylic acid groups (broad SMARTS) is 2. The van der Waals surface area contributed by atoms with Gasteiger partial charge in [0, 0.05) is 6.08 Å². The van der Waals surface area contributed by atoms with Gasteiger partial charge in [0.25, 0.3) is 0 Å². The molecule has 0 amide bonds. The van der Waals surface area contributed by atoms with Crippen molar-refractivity contribution in [2.75, 3.05) is 0 Å². The monoisotopic (exact) mass is 228 g/mol. The van der Waals surface area contributed by atoms with Crippen LogP contribution in [0, 0.1) is 10.8 Å². The second-order valence-corrected chi connectivity index (χ2v) is 4.49. The molecule has 2 N–H and O–H groups in total. The number of carboxylic acids is 2. The maximum atomic E-state index is 11.4. The molecule has 0 aromatic carbocycles. The van der Waals surface area contributed by atoms with E-state index in [1.807, 2.05) is 13.8 Å². The van der Waals surface area contributed by atoms with Gasteiger partial charge in [0.05, 0.1) is 5.41 Å². The van der Waals surface area contributed by atoms with Gasteiger partial charge in [0.2, 0.25) is 0 Å². The fraction of sp³-hybridized carbons (Fsp3) is 0.667. The van der Waals surface area contributed by atoms with Crippen molar-refractivity contribution >= 4 is 11.9 Å². The van der Waals surface area contributed by atoms with Crippen LogP contribution in [-0.2, 0) is 9.59 Å². The van der Waals surface area contributed by atoms with E-state index in [0.29, 0.717) is 12.8 Å². The highest BCUT2D eigenvalue weighted by atomic mass is 16.4. The van der Waals surface area contributed by atoms with Gasteiger partial charge in [0.1, 0.15) is 0 Å². The molecule has 0 radical (unpaired) electrons. The summed E-state index contributed by atoms with van der Waals surface area (Å²) in [6.07, 6.45) is 3.42. The Morgan fingerprint density at radius 1 is 1.12 bits per heavy atom. The quantitative estimate of drug-likeness (QED) is 0.685. The van der Waals surface area contributed by atoms with Gasteiger partial charge in [-0.25, -0.2) is 4.79 Å². The zero-order chi connectivity index (χ0) is 13.0. The Hall–Kier alpha value is -1.32. The van der Waals surface area contributed by atoms with E-state index in [9.17, 15) is 14.7 Å². The highest BCUT2D eigenvalue weighted by Crippen LogP contribution is 2.46. The third-order valence-electron chi connectivity index (χ3n) is 3.49. The predicted molar refractivity (Wildman–Crippen MR) is 61.2 cm³/mol. The summed E-state index contributed by atoms with van der Waals surface area (Å²) in [5.74, 6) is -1.93. The first-order valence-corrected chi connectivity index (χ1v) is 5.39. The van der Waals surface area contributed by atoms with Crippen LogP contribution in [0.3, 0.4) is 0 Å². The fourth-order valence-corrected chi connectivity index (χ4v) is 2.18. The van der Waals surface area contributed by atoms with Crippen molar-refractivity contribution in [3.05, 3.63) is 12.2 Å². The molecule has 0 aliphatic carbocycles. The van der Waals surface area contributed by atoms with Crippen LogP contribution in [0.25, 0.3) is 0 Å². The minimum atomic E-state index is -1.06. The number of hydrogen-bond acceptors (Lipinski definition) is 2. The van der Waals surface area contributed by atoms with Crippen molar-refractivity contribution in [1.82, 2.24) is 0 Å². The molecule has 0 heterocycles. The van der Waals surface area contributed by atoms with Crippen molar-refractivity contribution in [3.8, 4) is 0 Å². The number of hydrogen-bond donors (Lipinski definition) is 2. The first kappa shape index (κ1) is 14.7. The van der Waals surface area contributed by atoms with Gasteiger partial charge in [0.15, 0.2) is 0 Å². The van der Waals surface area contributed by atoms with Crippen LogP contribution in [0.2, 0.25) is 0 Å². The van der Waals surface area contributed by atoms with E-state index in [4.69, 9.17) is 5.11 Å². The first-order valence-electron chi connectivity index (χ1n) is 5.39. The predicted octanol–water partition coefficient (Wildman–Crippen LogP) is 2.54. The van der Waals surface area contributed by atoms with E-state index in [1.165, 1.54) is 6.08 Å². The fourth-order valence-electron chi connectivity index (χ4n) is 2.18. The molecule has 0 bridgehead atoms. The second-order valence-electron chi connectivity index (χ2n) is 4.49. The van der Waals surface area contributed by atoms with Gasteiger partial charge >= 0.3 is 11.9 Å². The van der Waals surface area contributed by atoms with Gasteiger partial charge in [-0.2, -0.15) is 0 Å². The minimum absolute atomic E-state index is 0.468. The van der Waals surface area contributed by atoms with Crippen LogP contribution in [0.15, 0.2) is 12.2 Å². The summed E-state index contributed by atoms with van der Waals surface area (Å²) in [5.41, 5.74) is -1.61. The number of allylic oxidation sites excluding steroid dienone is 1. The Labute approximate surface area is 96.0 Å².